The van der Waals surface area contributed by atoms with Crippen LogP contribution >= 0.6 is 23.2 Å². The molecule has 0 aromatic heterocycles. The highest BCUT2D eigenvalue weighted by molar-refractivity contribution is 6.42. The SMILES string of the molecule is CN(CC(C)(CO)CO)C(=O)c1ccc(Cl)c(Cl)c1. The summed E-state index contributed by atoms with van der Waals surface area (Å²) < 4.78 is 0. The molecule has 0 aliphatic rings. The quantitative estimate of drug-likeness (QED) is 0.875. The van der Waals surface area contributed by atoms with Gasteiger partial charge in [0.15, 0.2) is 0 Å². The largest absolute Gasteiger partial charge is 0.396 e. The zero-order valence-electron chi connectivity index (χ0n) is 10.9. The number of carbonyl (C=O) groups is 1. The van der Waals surface area contributed by atoms with Gasteiger partial charge in [0, 0.05) is 24.6 Å². The first-order valence-electron chi connectivity index (χ1n) is 5.75. The summed E-state index contributed by atoms with van der Waals surface area (Å²) in [6.45, 7) is 1.52. The van der Waals surface area contributed by atoms with E-state index in [2.05, 4.69) is 0 Å². The molecule has 2 N–H and O–H groups in total. The summed E-state index contributed by atoms with van der Waals surface area (Å²) in [6.07, 6.45) is 0. The number of hydrogen-bond acceptors (Lipinski definition) is 3. The van der Waals surface area contributed by atoms with Crippen LogP contribution in [0.3, 0.4) is 0 Å². The van der Waals surface area contributed by atoms with Gasteiger partial charge in [-0.3, -0.25) is 4.79 Å². The van der Waals surface area contributed by atoms with Gasteiger partial charge in [0.05, 0.1) is 23.3 Å². The lowest BCUT2D eigenvalue weighted by atomic mass is 9.92. The zero-order valence-corrected chi connectivity index (χ0v) is 12.4. The van der Waals surface area contributed by atoms with Gasteiger partial charge in [0.1, 0.15) is 0 Å². The number of aliphatic hydroxyl groups is 2. The monoisotopic (exact) mass is 305 g/mol. The second kappa shape index (κ2) is 6.57. The van der Waals surface area contributed by atoms with Crippen molar-refractivity contribution >= 4 is 29.1 Å². The number of nitrogens with zero attached hydrogens (tertiary/aromatic N) is 1. The van der Waals surface area contributed by atoms with Gasteiger partial charge in [0.25, 0.3) is 5.91 Å². The van der Waals surface area contributed by atoms with Gasteiger partial charge in [-0.15, -0.1) is 0 Å². The molecular formula is C13H17Cl2NO3. The fourth-order valence-corrected chi connectivity index (χ4v) is 1.94. The molecule has 106 valence electrons. The van der Waals surface area contributed by atoms with Gasteiger partial charge in [-0.05, 0) is 18.2 Å². The second-order valence-corrected chi connectivity index (χ2v) is 5.73. The average Bonchev–Trinajstić information content (AvgIpc) is 2.40. The Morgan fingerprint density at radius 1 is 1.26 bits per heavy atom. The third kappa shape index (κ3) is 4.08. The minimum atomic E-state index is -0.735. The van der Waals surface area contributed by atoms with Crippen LogP contribution in [0, 0.1) is 5.41 Å². The van der Waals surface area contributed by atoms with Crippen LogP contribution < -0.4 is 0 Å². The van der Waals surface area contributed by atoms with Crippen molar-refractivity contribution in [2.45, 2.75) is 6.92 Å². The van der Waals surface area contributed by atoms with Gasteiger partial charge in [-0.1, -0.05) is 30.1 Å². The summed E-state index contributed by atoms with van der Waals surface area (Å²) in [5.74, 6) is -0.244. The molecule has 1 rings (SSSR count). The first kappa shape index (κ1) is 16.2. The molecule has 0 saturated heterocycles. The van der Waals surface area contributed by atoms with E-state index < -0.39 is 5.41 Å². The topological polar surface area (TPSA) is 60.8 Å². The molecule has 4 nitrogen and oxygen atoms in total. The van der Waals surface area contributed by atoms with Crippen molar-refractivity contribution < 1.29 is 15.0 Å². The maximum atomic E-state index is 12.2. The molecule has 19 heavy (non-hydrogen) atoms. The van der Waals surface area contributed by atoms with Gasteiger partial charge in [-0.25, -0.2) is 0 Å². The zero-order chi connectivity index (χ0) is 14.6. The average molecular weight is 306 g/mol. The van der Waals surface area contributed by atoms with E-state index in [4.69, 9.17) is 23.2 Å². The number of amides is 1. The van der Waals surface area contributed by atoms with E-state index in [0.717, 1.165) is 0 Å². The van der Waals surface area contributed by atoms with Gasteiger partial charge < -0.3 is 15.1 Å². The molecule has 1 aromatic rings. The van der Waals surface area contributed by atoms with E-state index in [0.29, 0.717) is 15.6 Å². The molecule has 0 atom stereocenters. The predicted molar refractivity (Wildman–Crippen MR) is 75.7 cm³/mol. The summed E-state index contributed by atoms with van der Waals surface area (Å²) in [7, 11) is 1.61. The number of aliphatic hydroxyl groups excluding tert-OH is 2. The number of hydrogen-bond donors (Lipinski definition) is 2. The fourth-order valence-electron chi connectivity index (χ4n) is 1.64. The Morgan fingerprint density at radius 2 is 1.84 bits per heavy atom. The Kier molecular flexibility index (Phi) is 5.62. The van der Waals surface area contributed by atoms with Crippen LogP contribution in [0.25, 0.3) is 0 Å². The van der Waals surface area contributed by atoms with Crippen LogP contribution in [-0.4, -0.2) is 47.8 Å². The number of halogens is 2. The summed E-state index contributed by atoms with van der Waals surface area (Å²) in [5.41, 5.74) is -0.323. The predicted octanol–water partition coefficient (Wildman–Crippen LogP) is 2.06. The summed E-state index contributed by atoms with van der Waals surface area (Å²) in [6, 6.07) is 4.64. The molecule has 0 heterocycles. The first-order valence-corrected chi connectivity index (χ1v) is 6.51. The summed E-state index contributed by atoms with van der Waals surface area (Å²) in [5, 5.41) is 19.2. The van der Waals surface area contributed by atoms with Crippen molar-refractivity contribution in [1.82, 2.24) is 4.90 Å². The van der Waals surface area contributed by atoms with E-state index in [1.165, 1.54) is 11.0 Å². The van der Waals surface area contributed by atoms with E-state index in [-0.39, 0.29) is 25.7 Å². The lowest BCUT2D eigenvalue weighted by molar-refractivity contribution is 0.0366. The van der Waals surface area contributed by atoms with Crippen LogP contribution in [0.15, 0.2) is 18.2 Å². The molecule has 6 heteroatoms. The van der Waals surface area contributed by atoms with Crippen molar-refractivity contribution in [3.8, 4) is 0 Å². The molecule has 0 aliphatic heterocycles. The molecule has 1 aromatic carbocycles. The standard InChI is InChI=1S/C13H17Cl2NO3/c1-13(7-17,8-18)6-16(2)12(19)9-3-4-10(14)11(15)5-9/h3-5,17-18H,6-8H2,1-2H3. The van der Waals surface area contributed by atoms with E-state index >= 15 is 0 Å². The van der Waals surface area contributed by atoms with Crippen molar-refractivity contribution in [1.29, 1.82) is 0 Å². The van der Waals surface area contributed by atoms with Crippen LogP contribution in [-0.2, 0) is 0 Å². The van der Waals surface area contributed by atoms with Gasteiger partial charge in [0.2, 0.25) is 0 Å². The molecule has 0 bridgehead atoms. The highest BCUT2D eigenvalue weighted by atomic mass is 35.5. The highest BCUT2D eigenvalue weighted by Crippen LogP contribution is 2.24. The van der Waals surface area contributed by atoms with E-state index in [1.54, 1.807) is 26.1 Å². The minimum absolute atomic E-state index is 0.206. The lowest BCUT2D eigenvalue weighted by Gasteiger charge is -2.30. The highest BCUT2D eigenvalue weighted by Gasteiger charge is 2.27. The molecule has 0 unspecified atom stereocenters. The minimum Gasteiger partial charge on any atom is -0.396 e. The summed E-state index contributed by atoms with van der Waals surface area (Å²) >= 11 is 11.7. The molecule has 0 radical (unpaired) electrons. The normalized spacial score (nSPS) is 11.5. The van der Waals surface area contributed by atoms with Crippen LogP contribution in [0.4, 0.5) is 0 Å². The van der Waals surface area contributed by atoms with Crippen LogP contribution in [0.2, 0.25) is 10.0 Å². The number of benzene rings is 1. The third-order valence-corrected chi connectivity index (χ3v) is 3.63. The Balaban J connectivity index is 2.85. The smallest absolute Gasteiger partial charge is 0.253 e. The van der Waals surface area contributed by atoms with Gasteiger partial charge >= 0.3 is 0 Å². The molecular weight excluding hydrogens is 289 g/mol. The number of carbonyl (C=O) groups excluding carboxylic acids is 1. The van der Waals surface area contributed by atoms with E-state index in [9.17, 15) is 15.0 Å². The van der Waals surface area contributed by atoms with Crippen molar-refractivity contribution in [2.24, 2.45) is 5.41 Å². The molecule has 0 fully saturated rings. The maximum Gasteiger partial charge on any atom is 0.253 e. The Bertz CT molecular complexity index is 461. The second-order valence-electron chi connectivity index (χ2n) is 4.92. The van der Waals surface area contributed by atoms with Crippen LogP contribution in [0.1, 0.15) is 17.3 Å². The Morgan fingerprint density at radius 3 is 2.32 bits per heavy atom. The Labute approximate surface area is 122 Å². The fraction of sp³-hybridized carbons (Fsp3) is 0.462. The third-order valence-electron chi connectivity index (χ3n) is 2.90. The van der Waals surface area contributed by atoms with Crippen molar-refractivity contribution in [2.75, 3.05) is 26.8 Å². The Hall–Kier alpha value is -0.810. The number of rotatable bonds is 5. The summed E-state index contributed by atoms with van der Waals surface area (Å²) in [4.78, 5) is 13.6. The van der Waals surface area contributed by atoms with Crippen molar-refractivity contribution in [3.63, 3.8) is 0 Å². The van der Waals surface area contributed by atoms with Gasteiger partial charge in [-0.2, -0.15) is 0 Å². The molecule has 0 spiro atoms. The van der Waals surface area contributed by atoms with Crippen molar-refractivity contribution in [3.05, 3.63) is 33.8 Å². The van der Waals surface area contributed by atoms with Crippen LogP contribution in [0.5, 0.6) is 0 Å². The molecule has 1 amide bonds. The maximum absolute atomic E-state index is 12.2. The molecule has 0 saturated carbocycles. The molecule has 0 aliphatic carbocycles. The first-order chi connectivity index (χ1) is 8.83. The van der Waals surface area contributed by atoms with E-state index in [1.807, 2.05) is 0 Å². The lowest BCUT2D eigenvalue weighted by Crippen LogP contribution is -2.41.